The quantitative estimate of drug-likeness (QED) is 0.861. The minimum absolute atomic E-state index is 0.452. The minimum atomic E-state index is 0.452. The van der Waals surface area contributed by atoms with E-state index in [9.17, 15) is 0 Å². The van der Waals surface area contributed by atoms with Gasteiger partial charge in [0.05, 0.1) is 0 Å². The maximum absolute atomic E-state index is 6.11. The highest BCUT2D eigenvalue weighted by atomic mass is 35.5. The molecule has 1 N–H and O–H groups in total. The largest absolute Gasteiger partial charge is 0.310 e. The lowest BCUT2D eigenvalue weighted by Crippen LogP contribution is -2.27. The summed E-state index contributed by atoms with van der Waals surface area (Å²) in [5.74, 6) is 2.98. The Morgan fingerprint density at radius 2 is 2.31 bits per heavy atom. The van der Waals surface area contributed by atoms with Crippen molar-refractivity contribution in [3.63, 3.8) is 0 Å². The molecule has 1 aromatic carbocycles. The van der Waals surface area contributed by atoms with Crippen molar-refractivity contribution in [2.75, 3.05) is 12.3 Å². The van der Waals surface area contributed by atoms with Crippen LogP contribution in [0.2, 0.25) is 5.02 Å². The fourth-order valence-electron chi connectivity index (χ4n) is 2.28. The molecule has 0 spiro atoms. The molecule has 0 radical (unpaired) electrons. The Bertz CT molecular complexity index is 367. The van der Waals surface area contributed by atoms with Crippen LogP contribution in [0.4, 0.5) is 0 Å². The van der Waals surface area contributed by atoms with Crippen LogP contribution in [-0.2, 0) is 5.75 Å². The third kappa shape index (κ3) is 2.55. The zero-order valence-corrected chi connectivity index (χ0v) is 11.4. The van der Waals surface area contributed by atoms with Crippen LogP contribution in [0.1, 0.15) is 31.0 Å². The average molecular weight is 256 g/mol. The van der Waals surface area contributed by atoms with Gasteiger partial charge in [0.1, 0.15) is 0 Å². The molecular weight excluding hydrogens is 238 g/mol. The van der Waals surface area contributed by atoms with E-state index in [1.807, 2.05) is 17.8 Å². The van der Waals surface area contributed by atoms with Crippen LogP contribution in [0, 0.1) is 5.92 Å². The molecule has 3 heteroatoms. The lowest BCUT2D eigenvalue weighted by Gasteiger charge is -2.24. The van der Waals surface area contributed by atoms with Crippen LogP contribution in [0.15, 0.2) is 18.2 Å². The fourth-order valence-corrected chi connectivity index (χ4v) is 3.62. The molecule has 0 aliphatic carbocycles. The van der Waals surface area contributed by atoms with Gasteiger partial charge in [0, 0.05) is 16.8 Å². The smallest absolute Gasteiger partial charge is 0.0409 e. The zero-order valence-electron chi connectivity index (χ0n) is 9.79. The second-order valence-corrected chi connectivity index (χ2v) is 5.84. The number of halogens is 1. The van der Waals surface area contributed by atoms with Gasteiger partial charge in [0.2, 0.25) is 0 Å². The average Bonchev–Trinajstić information content (AvgIpc) is 2.41. The van der Waals surface area contributed by atoms with E-state index in [-0.39, 0.29) is 0 Å². The third-order valence-corrected chi connectivity index (χ3v) is 4.59. The molecule has 1 aliphatic heterocycles. The van der Waals surface area contributed by atoms with Gasteiger partial charge in [-0.3, -0.25) is 0 Å². The van der Waals surface area contributed by atoms with Crippen molar-refractivity contribution in [2.24, 2.45) is 5.92 Å². The minimum Gasteiger partial charge on any atom is -0.310 e. The van der Waals surface area contributed by atoms with E-state index < -0.39 is 0 Å². The molecule has 2 rings (SSSR count). The number of hydrogen-bond acceptors (Lipinski definition) is 2. The second-order valence-electron chi connectivity index (χ2n) is 4.37. The van der Waals surface area contributed by atoms with Crippen LogP contribution < -0.4 is 5.32 Å². The molecule has 1 nitrogen and oxygen atoms in total. The van der Waals surface area contributed by atoms with Crippen molar-refractivity contribution in [1.29, 1.82) is 0 Å². The Morgan fingerprint density at radius 3 is 3.06 bits per heavy atom. The van der Waals surface area contributed by atoms with Gasteiger partial charge in [-0.2, -0.15) is 11.8 Å². The summed E-state index contributed by atoms with van der Waals surface area (Å²) in [6.07, 6.45) is 0. The van der Waals surface area contributed by atoms with E-state index in [2.05, 4.69) is 31.3 Å². The van der Waals surface area contributed by atoms with E-state index in [4.69, 9.17) is 11.6 Å². The molecule has 0 bridgehead atoms. The van der Waals surface area contributed by atoms with E-state index >= 15 is 0 Å². The monoisotopic (exact) mass is 255 g/mol. The molecule has 0 saturated carbocycles. The second kappa shape index (κ2) is 5.44. The third-order valence-electron chi connectivity index (χ3n) is 3.07. The summed E-state index contributed by atoms with van der Waals surface area (Å²) in [6, 6.07) is 6.76. The molecule has 0 amide bonds. The lowest BCUT2D eigenvalue weighted by atomic mass is 9.92. The molecule has 1 aliphatic rings. The number of benzene rings is 1. The van der Waals surface area contributed by atoms with E-state index in [1.54, 1.807) is 0 Å². The summed E-state index contributed by atoms with van der Waals surface area (Å²) in [5, 5.41) is 4.43. The lowest BCUT2D eigenvalue weighted by molar-refractivity contribution is 0.428. The van der Waals surface area contributed by atoms with Gasteiger partial charge in [-0.15, -0.1) is 0 Å². The Labute approximate surface area is 107 Å². The van der Waals surface area contributed by atoms with Crippen molar-refractivity contribution in [1.82, 2.24) is 5.32 Å². The van der Waals surface area contributed by atoms with Gasteiger partial charge in [-0.25, -0.2) is 0 Å². The van der Waals surface area contributed by atoms with Crippen LogP contribution in [0.25, 0.3) is 0 Å². The summed E-state index contributed by atoms with van der Waals surface area (Å²) in [4.78, 5) is 0. The number of fused-ring (bicyclic) bond motifs is 1. The summed E-state index contributed by atoms with van der Waals surface area (Å²) < 4.78 is 0. The number of hydrogen-bond donors (Lipinski definition) is 1. The van der Waals surface area contributed by atoms with Crippen LogP contribution in [0.5, 0.6) is 0 Å². The van der Waals surface area contributed by atoms with Crippen molar-refractivity contribution < 1.29 is 0 Å². The first-order valence-electron chi connectivity index (χ1n) is 5.81. The molecule has 1 aromatic rings. The highest BCUT2D eigenvalue weighted by Crippen LogP contribution is 2.35. The normalized spacial score (nSPS) is 24.9. The van der Waals surface area contributed by atoms with Crippen LogP contribution >= 0.6 is 23.4 Å². The van der Waals surface area contributed by atoms with E-state index in [0.29, 0.717) is 12.0 Å². The summed E-state index contributed by atoms with van der Waals surface area (Å²) in [6.45, 7) is 5.48. The Hall–Kier alpha value is -0.180. The Kier molecular flexibility index (Phi) is 4.17. The standard InChI is InChI=1S/C13H18ClNS/c1-3-15-13-9(2)7-16-8-10-4-5-11(14)6-12(10)13/h4-6,9,13,15H,3,7-8H2,1-2H3. The van der Waals surface area contributed by atoms with E-state index in [1.165, 1.54) is 16.9 Å². The van der Waals surface area contributed by atoms with Gasteiger partial charge in [-0.1, -0.05) is 31.5 Å². The van der Waals surface area contributed by atoms with Crippen molar-refractivity contribution >= 4 is 23.4 Å². The van der Waals surface area contributed by atoms with Crippen molar-refractivity contribution in [3.05, 3.63) is 34.3 Å². The molecule has 2 unspecified atom stereocenters. The van der Waals surface area contributed by atoms with Crippen LogP contribution in [-0.4, -0.2) is 12.3 Å². The predicted octanol–water partition coefficient (Wildman–Crippen LogP) is 3.87. The van der Waals surface area contributed by atoms with Gasteiger partial charge in [0.25, 0.3) is 0 Å². The summed E-state index contributed by atoms with van der Waals surface area (Å²) >= 11 is 8.13. The first kappa shape index (κ1) is 12.3. The van der Waals surface area contributed by atoms with E-state index in [0.717, 1.165) is 17.3 Å². The first-order chi connectivity index (χ1) is 7.72. The van der Waals surface area contributed by atoms with Crippen molar-refractivity contribution in [3.8, 4) is 0 Å². The van der Waals surface area contributed by atoms with Gasteiger partial charge >= 0.3 is 0 Å². The van der Waals surface area contributed by atoms with Gasteiger partial charge in [-0.05, 0) is 41.5 Å². The maximum atomic E-state index is 6.11. The number of thioether (sulfide) groups is 1. The van der Waals surface area contributed by atoms with Crippen molar-refractivity contribution in [2.45, 2.75) is 25.6 Å². The molecule has 1 heterocycles. The molecule has 16 heavy (non-hydrogen) atoms. The predicted molar refractivity (Wildman–Crippen MR) is 73.2 cm³/mol. The molecule has 88 valence electrons. The zero-order chi connectivity index (χ0) is 11.5. The molecule has 0 saturated heterocycles. The molecule has 2 atom stereocenters. The van der Waals surface area contributed by atoms with Crippen LogP contribution in [0.3, 0.4) is 0 Å². The number of rotatable bonds is 2. The van der Waals surface area contributed by atoms with Gasteiger partial charge in [0.15, 0.2) is 0 Å². The Balaban J connectivity index is 2.39. The highest BCUT2D eigenvalue weighted by Gasteiger charge is 2.24. The summed E-state index contributed by atoms with van der Waals surface area (Å²) in [5.41, 5.74) is 2.83. The maximum Gasteiger partial charge on any atom is 0.0409 e. The topological polar surface area (TPSA) is 12.0 Å². The summed E-state index contributed by atoms with van der Waals surface area (Å²) in [7, 11) is 0. The first-order valence-corrected chi connectivity index (χ1v) is 7.35. The highest BCUT2D eigenvalue weighted by molar-refractivity contribution is 7.98. The number of nitrogens with one attached hydrogen (secondary N) is 1. The molecule has 0 fully saturated rings. The fraction of sp³-hybridized carbons (Fsp3) is 0.538. The molecule has 0 aromatic heterocycles. The molecular formula is C13H18ClNS. The SMILES string of the molecule is CCNC1c2cc(Cl)ccc2CSCC1C. The van der Waals surface area contributed by atoms with Gasteiger partial charge < -0.3 is 5.32 Å². The Morgan fingerprint density at radius 1 is 1.50 bits per heavy atom.